The zero-order valence-corrected chi connectivity index (χ0v) is 13.3. The molecule has 1 saturated carbocycles. The van der Waals surface area contributed by atoms with Crippen LogP contribution in [0.3, 0.4) is 0 Å². The third-order valence-corrected chi connectivity index (χ3v) is 4.64. The Morgan fingerprint density at radius 1 is 1.36 bits per heavy atom. The average molecular weight is 320 g/mol. The molecule has 1 heterocycles. The highest BCUT2D eigenvalue weighted by Gasteiger charge is 2.35. The van der Waals surface area contributed by atoms with E-state index in [4.69, 9.17) is 11.5 Å². The third kappa shape index (κ3) is 4.01. The monoisotopic (exact) mass is 320 g/mol. The summed E-state index contributed by atoms with van der Waals surface area (Å²) in [5.74, 6) is 0.338. The third-order valence-electron chi connectivity index (χ3n) is 3.68. The quantitative estimate of drug-likeness (QED) is 0.565. The van der Waals surface area contributed by atoms with E-state index in [9.17, 15) is 10.1 Å². The molecule has 0 bridgehead atoms. The van der Waals surface area contributed by atoms with Gasteiger partial charge in [-0.15, -0.1) is 0 Å². The number of rotatable bonds is 4. The number of hydrogen-bond donors (Lipinski definition) is 3. The summed E-state index contributed by atoms with van der Waals surface area (Å²) in [5.41, 5.74) is 10.5. The lowest BCUT2D eigenvalue weighted by Crippen LogP contribution is -2.50. The van der Waals surface area contributed by atoms with Crippen molar-refractivity contribution in [3.05, 3.63) is 6.07 Å². The number of amides is 1. The zero-order chi connectivity index (χ0) is 16.2. The molecule has 0 aliphatic heterocycles. The molecule has 0 radical (unpaired) electrons. The molecule has 1 amide bonds. The number of anilines is 2. The maximum absolute atomic E-state index is 12.3. The number of carbonyl (C=O) groups is 1. The molecule has 0 spiro atoms. The molecule has 1 aromatic rings. The molecule has 1 aromatic heterocycles. The molecular formula is C14H20N6OS. The molecule has 1 unspecified atom stereocenters. The van der Waals surface area contributed by atoms with Gasteiger partial charge in [-0.3, -0.25) is 4.79 Å². The molecular weight excluding hydrogens is 300 g/mol. The molecule has 7 nitrogen and oxygen atoms in total. The van der Waals surface area contributed by atoms with Gasteiger partial charge in [0.2, 0.25) is 5.91 Å². The molecule has 2 rings (SSSR count). The summed E-state index contributed by atoms with van der Waals surface area (Å²) in [6.07, 6.45) is 4.44. The van der Waals surface area contributed by atoms with Crippen LogP contribution in [0.5, 0.6) is 0 Å². The number of hydrogen-bond acceptors (Lipinski definition) is 7. The van der Waals surface area contributed by atoms with Crippen LogP contribution in [0.25, 0.3) is 0 Å². The second kappa shape index (κ2) is 6.83. The van der Waals surface area contributed by atoms with E-state index in [1.165, 1.54) is 17.8 Å². The summed E-state index contributed by atoms with van der Waals surface area (Å²) in [6, 6.07) is 3.73. The van der Waals surface area contributed by atoms with Crippen LogP contribution in [0.4, 0.5) is 11.6 Å². The largest absolute Gasteiger partial charge is 0.383 e. The van der Waals surface area contributed by atoms with Crippen molar-refractivity contribution in [3.63, 3.8) is 0 Å². The minimum absolute atomic E-state index is 0.196. The normalized spacial score (nSPS) is 18.2. The van der Waals surface area contributed by atoms with E-state index in [1.54, 1.807) is 6.92 Å². The minimum Gasteiger partial charge on any atom is -0.383 e. The summed E-state index contributed by atoms with van der Waals surface area (Å²) in [5, 5.41) is 12.2. The second-order valence-corrected chi connectivity index (χ2v) is 6.81. The smallest absolute Gasteiger partial charge is 0.234 e. The molecule has 0 saturated heterocycles. The van der Waals surface area contributed by atoms with Gasteiger partial charge in [0.1, 0.15) is 17.2 Å². The number of nitriles is 1. The van der Waals surface area contributed by atoms with Gasteiger partial charge in [-0.25, -0.2) is 9.97 Å². The van der Waals surface area contributed by atoms with Crippen molar-refractivity contribution < 1.29 is 4.79 Å². The lowest BCUT2D eigenvalue weighted by atomic mass is 9.83. The van der Waals surface area contributed by atoms with Gasteiger partial charge in [-0.05, 0) is 19.8 Å². The van der Waals surface area contributed by atoms with Crippen molar-refractivity contribution in [2.75, 3.05) is 11.5 Å². The first kappa shape index (κ1) is 16.4. The lowest BCUT2D eigenvalue weighted by Gasteiger charge is -2.32. The Bertz CT molecular complexity index is 573. The van der Waals surface area contributed by atoms with E-state index in [1.807, 2.05) is 0 Å². The molecule has 5 N–H and O–H groups in total. The fraction of sp³-hybridized carbons (Fsp3) is 0.571. The first-order chi connectivity index (χ1) is 10.4. The Morgan fingerprint density at radius 3 is 2.50 bits per heavy atom. The van der Waals surface area contributed by atoms with Gasteiger partial charge in [0, 0.05) is 6.07 Å². The van der Waals surface area contributed by atoms with E-state index < -0.39 is 10.8 Å². The van der Waals surface area contributed by atoms with Crippen molar-refractivity contribution in [3.8, 4) is 6.07 Å². The van der Waals surface area contributed by atoms with Gasteiger partial charge >= 0.3 is 0 Å². The molecule has 0 aromatic carbocycles. The maximum atomic E-state index is 12.3. The Kier molecular flexibility index (Phi) is 5.08. The summed E-state index contributed by atoms with van der Waals surface area (Å²) in [4.78, 5) is 20.4. The van der Waals surface area contributed by atoms with Crippen LogP contribution in [-0.2, 0) is 4.79 Å². The highest BCUT2D eigenvalue weighted by Crippen LogP contribution is 2.29. The fourth-order valence-corrected chi connectivity index (χ4v) is 3.28. The first-order valence-electron chi connectivity index (χ1n) is 7.24. The van der Waals surface area contributed by atoms with E-state index in [0.29, 0.717) is 18.0 Å². The standard InChI is InChI=1S/C14H20N6OS/c1-9(22-13-18-10(16)7-11(17)19-13)12(21)20-14(8-15)5-3-2-4-6-14/h7,9H,2-6H2,1H3,(H,20,21)(H4,16,17,18,19). The number of thioether (sulfide) groups is 1. The molecule has 22 heavy (non-hydrogen) atoms. The van der Waals surface area contributed by atoms with Crippen LogP contribution in [0, 0.1) is 11.3 Å². The van der Waals surface area contributed by atoms with Gasteiger partial charge in [0.15, 0.2) is 5.16 Å². The molecule has 1 fully saturated rings. The van der Waals surface area contributed by atoms with Crippen LogP contribution in [0.2, 0.25) is 0 Å². The predicted octanol–water partition coefficient (Wildman–Crippen LogP) is 1.46. The second-order valence-electron chi connectivity index (χ2n) is 5.50. The van der Waals surface area contributed by atoms with Crippen LogP contribution in [0.1, 0.15) is 39.0 Å². The van der Waals surface area contributed by atoms with Crippen molar-refractivity contribution in [2.24, 2.45) is 0 Å². The van der Waals surface area contributed by atoms with Gasteiger partial charge in [-0.2, -0.15) is 5.26 Å². The zero-order valence-electron chi connectivity index (χ0n) is 12.5. The van der Waals surface area contributed by atoms with Crippen molar-refractivity contribution in [1.29, 1.82) is 5.26 Å². The molecule has 1 aliphatic carbocycles. The van der Waals surface area contributed by atoms with Crippen LogP contribution in [-0.4, -0.2) is 26.7 Å². The van der Waals surface area contributed by atoms with Crippen molar-refractivity contribution >= 4 is 29.3 Å². The van der Waals surface area contributed by atoms with Gasteiger partial charge < -0.3 is 16.8 Å². The Morgan fingerprint density at radius 2 is 1.95 bits per heavy atom. The summed E-state index contributed by atoms with van der Waals surface area (Å²) >= 11 is 1.17. The molecule has 118 valence electrons. The van der Waals surface area contributed by atoms with Gasteiger partial charge in [0.05, 0.1) is 11.3 Å². The number of aromatic nitrogens is 2. The lowest BCUT2D eigenvalue weighted by molar-refractivity contribution is -0.121. The van der Waals surface area contributed by atoms with E-state index in [2.05, 4.69) is 21.4 Å². The number of nitrogens with one attached hydrogen (secondary N) is 1. The summed E-state index contributed by atoms with van der Waals surface area (Å²) < 4.78 is 0. The number of carbonyl (C=O) groups excluding carboxylic acids is 1. The minimum atomic E-state index is -0.736. The van der Waals surface area contributed by atoms with Crippen LogP contribution >= 0.6 is 11.8 Å². The van der Waals surface area contributed by atoms with Crippen LogP contribution in [0.15, 0.2) is 11.2 Å². The summed E-state index contributed by atoms with van der Waals surface area (Å²) in [7, 11) is 0. The number of nitrogen functional groups attached to an aromatic ring is 2. The van der Waals surface area contributed by atoms with Crippen LogP contribution < -0.4 is 16.8 Å². The summed E-state index contributed by atoms with van der Waals surface area (Å²) in [6.45, 7) is 1.75. The topological polar surface area (TPSA) is 131 Å². The van der Waals surface area contributed by atoms with Gasteiger partial charge in [-0.1, -0.05) is 31.0 Å². The SMILES string of the molecule is CC(Sc1nc(N)cc(N)n1)C(=O)NC1(C#N)CCCCC1. The molecule has 8 heteroatoms. The molecule has 1 aliphatic rings. The fourth-order valence-electron chi connectivity index (χ4n) is 2.48. The Labute approximate surface area is 133 Å². The Balaban J connectivity index is 2.01. The van der Waals surface area contributed by atoms with Crippen molar-refractivity contribution in [1.82, 2.24) is 15.3 Å². The maximum Gasteiger partial charge on any atom is 0.234 e. The average Bonchev–Trinajstić information content (AvgIpc) is 2.47. The highest BCUT2D eigenvalue weighted by molar-refractivity contribution is 8.00. The number of nitrogens with zero attached hydrogens (tertiary/aromatic N) is 3. The predicted molar refractivity (Wildman–Crippen MR) is 85.7 cm³/mol. The number of nitrogens with two attached hydrogens (primary N) is 2. The van der Waals surface area contributed by atoms with E-state index >= 15 is 0 Å². The molecule has 1 atom stereocenters. The highest BCUT2D eigenvalue weighted by atomic mass is 32.2. The van der Waals surface area contributed by atoms with E-state index in [-0.39, 0.29) is 17.5 Å². The van der Waals surface area contributed by atoms with Gasteiger partial charge in [0.25, 0.3) is 0 Å². The Hall–Kier alpha value is -2.01. The van der Waals surface area contributed by atoms with E-state index in [0.717, 1.165) is 19.3 Å². The van der Waals surface area contributed by atoms with Crippen molar-refractivity contribution in [2.45, 2.75) is 55.0 Å². The first-order valence-corrected chi connectivity index (χ1v) is 8.12.